The molecule has 0 spiro atoms. The predicted octanol–water partition coefficient (Wildman–Crippen LogP) is 2.83. The van der Waals surface area contributed by atoms with E-state index in [1.54, 1.807) is 12.1 Å². The molecule has 1 atom stereocenters. The number of anilines is 3. The molecule has 0 aromatic heterocycles. The van der Waals surface area contributed by atoms with Crippen LogP contribution in [0, 0.1) is 0 Å². The number of rotatable bonds is 5. The normalized spacial score (nSPS) is 18.1. The van der Waals surface area contributed by atoms with Crippen molar-refractivity contribution in [1.82, 2.24) is 0 Å². The van der Waals surface area contributed by atoms with Crippen LogP contribution in [-0.2, 0) is 9.59 Å². The molecule has 150 valence electrons. The van der Waals surface area contributed by atoms with Crippen LogP contribution in [-0.4, -0.2) is 36.1 Å². The summed E-state index contributed by atoms with van der Waals surface area (Å²) in [6.07, 6.45) is 2.21. The van der Waals surface area contributed by atoms with E-state index < -0.39 is 11.2 Å². The Hall–Kier alpha value is -3.00. The number of nitrogens with two attached hydrogens (primary N) is 1. The molecule has 8 heteroatoms. The Bertz CT molecular complexity index is 972. The molecule has 0 saturated carbocycles. The highest BCUT2D eigenvalue weighted by Gasteiger charge is 2.29. The molecule has 2 aliphatic heterocycles. The standard InChI is InChI=1S/C21H22N4O3S/c22-20(27)13-7-8-16(25-9-3-4-10-25)15(11-13)23-19(26)12-18-21(28)24-14-5-1-2-6-17(14)29-18/h1-2,5-8,11,18H,3-4,9-10,12H2,(H2,22,27)(H,23,26)(H,24,28)/t18-/m1/s1. The van der Waals surface area contributed by atoms with Crippen molar-refractivity contribution < 1.29 is 14.4 Å². The zero-order valence-corrected chi connectivity index (χ0v) is 16.6. The van der Waals surface area contributed by atoms with Gasteiger partial charge in [-0.05, 0) is 43.2 Å². The number of para-hydroxylation sites is 1. The van der Waals surface area contributed by atoms with Gasteiger partial charge in [0.05, 0.1) is 22.3 Å². The minimum atomic E-state index is -0.549. The highest BCUT2D eigenvalue weighted by atomic mass is 32.2. The van der Waals surface area contributed by atoms with E-state index in [2.05, 4.69) is 15.5 Å². The molecule has 4 rings (SSSR count). The van der Waals surface area contributed by atoms with E-state index in [1.165, 1.54) is 11.8 Å². The number of amides is 3. The molecule has 4 N–H and O–H groups in total. The molecule has 0 aliphatic carbocycles. The molecular weight excluding hydrogens is 388 g/mol. The lowest BCUT2D eigenvalue weighted by Crippen LogP contribution is -2.32. The van der Waals surface area contributed by atoms with Gasteiger partial charge in [-0.3, -0.25) is 14.4 Å². The molecule has 2 heterocycles. The van der Waals surface area contributed by atoms with Crippen LogP contribution in [0.4, 0.5) is 17.1 Å². The van der Waals surface area contributed by atoms with Crippen molar-refractivity contribution >= 4 is 46.5 Å². The average Bonchev–Trinajstić information content (AvgIpc) is 3.23. The van der Waals surface area contributed by atoms with Gasteiger partial charge in [-0.1, -0.05) is 12.1 Å². The lowest BCUT2D eigenvalue weighted by molar-refractivity contribution is -0.120. The van der Waals surface area contributed by atoms with Crippen molar-refractivity contribution in [2.75, 3.05) is 28.6 Å². The van der Waals surface area contributed by atoms with E-state index in [-0.39, 0.29) is 18.2 Å². The molecule has 7 nitrogen and oxygen atoms in total. The first-order valence-corrected chi connectivity index (χ1v) is 10.4. The second-order valence-electron chi connectivity index (χ2n) is 7.13. The number of nitrogens with zero attached hydrogens (tertiary/aromatic N) is 1. The molecule has 2 aromatic rings. The Morgan fingerprint density at radius 3 is 2.69 bits per heavy atom. The summed E-state index contributed by atoms with van der Waals surface area (Å²) in [6.45, 7) is 1.80. The zero-order valence-electron chi connectivity index (χ0n) is 15.8. The summed E-state index contributed by atoms with van der Waals surface area (Å²) in [4.78, 5) is 39.8. The van der Waals surface area contributed by atoms with Gasteiger partial charge in [-0.2, -0.15) is 0 Å². The number of thioether (sulfide) groups is 1. The minimum Gasteiger partial charge on any atom is -0.370 e. The van der Waals surface area contributed by atoms with Crippen LogP contribution in [0.3, 0.4) is 0 Å². The van der Waals surface area contributed by atoms with Crippen molar-refractivity contribution in [1.29, 1.82) is 0 Å². The quantitative estimate of drug-likeness (QED) is 0.703. The van der Waals surface area contributed by atoms with Crippen molar-refractivity contribution in [3.63, 3.8) is 0 Å². The number of hydrogen-bond donors (Lipinski definition) is 3. The largest absolute Gasteiger partial charge is 0.370 e. The molecule has 1 saturated heterocycles. The van der Waals surface area contributed by atoms with Gasteiger partial charge in [0.2, 0.25) is 17.7 Å². The SMILES string of the molecule is NC(=O)c1ccc(N2CCCC2)c(NC(=O)C[C@H]2Sc3ccccc3NC2=O)c1. The van der Waals surface area contributed by atoms with Crippen LogP contribution in [0.1, 0.15) is 29.6 Å². The number of fused-ring (bicyclic) bond motifs is 1. The third-order valence-corrected chi connectivity index (χ3v) is 6.35. The average molecular weight is 410 g/mol. The minimum absolute atomic E-state index is 0.0328. The van der Waals surface area contributed by atoms with E-state index in [1.807, 2.05) is 30.3 Å². The first-order valence-electron chi connectivity index (χ1n) is 9.56. The van der Waals surface area contributed by atoms with Gasteiger partial charge >= 0.3 is 0 Å². The summed E-state index contributed by atoms with van der Waals surface area (Å²) in [6, 6.07) is 12.6. The topological polar surface area (TPSA) is 105 Å². The maximum absolute atomic E-state index is 12.7. The predicted molar refractivity (Wildman–Crippen MR) is 114 cm³/mol. The van der Waals surface area contributed by atoms with Gasteiger partial charge in [-0.15, -0.1) is 11.8 Å². The second kappa shape index (κ2) is 8.16. The number of nitrogens with one attached hydrogen (secondary N) is 2. The first-order chi connectivity index (χ1) is 14.0. The molecule has 3 amide bonds. The van der Waals surface area contributed by atoms with E-state index in [0.29, 0.717) is 11.3 Å². The van der Waals surface area contributed by atoms with Crippen molar-refractivity contribution in [3.8, 4) is 0 Å². The molecule has 0 unspecified atom stereocenters. The van der Waals surface area contributed by atoms with Gasteiger partial charge in [0, 0.05) is 30.0 Å². The lowest BCUT2D eigenvalue weighted by Gasteiger charge is -2.25. The third-order valence-electron chi connectivity index (χ3n) is 5.08. The van der Waals surface area contributed by atoms with Gasteiger partial charge in [0.15, 0.2) is 0 Å². The highest BCUT2D eigenvalue weighted by molar-refractivity contribution is 8.01. The Morgan fingerprint density at radius 1 is 1.17 bits per heavy atom. The number of carbonyl (C=O) groups is 3. The van der Waals surface area contributed by atoms with E-state index in [4.69, 9.17) is 5.73 Å². The van der Waals surface area contributed by atoms with Crippen molar-refractivity contribution in [3.05, 3.63) is 48.0 Å². The number of benzene rings is 2. The van der Waals surface area contributed by atoms with Crippen LogP contribution in [0.25, 0.3) is 0 Å². The molecular formula is C21H22N4O3S. The van der Waals surface area contributed by atoms with Crippen LogP contribution in [0.15, 0.2) is 47.4 Å². The highest BCUT2D eigenvalue weighted by Crippen LogP contribution is 2.37. The fourth-order valence-electron chi connectivity index (χ4n) is 3.62. The van der Waals surface area contributed by atoms with E-state index in [0.717, 1.165) is 42.2 Å². The Kier molecular flexibility index (Phi) is 5.44. The second-order valence-corrected chi connectivity index (χ2v) is 8.38. The summed E-state index contributed by atoms with van der Waals surface area (Å²) in [7, 11) is 0. The molecule has 1 fully saturated rings. The summed E-state index contributed by atoms with van der Waals surface area (Å²) in [5.74, 6) is -1.01. The Morgan fingerprint density at radius 2 is 1.93 bits per heavy atom. The smallest absolute Gasteiger partial charge is 0.248 e. The van der Waals surface area contributed by atoms with Crippen LogP contribution < -0.4 is 21.3 Å². The summed E-state index contributed by atoms with van der Waals surface area (Å²) < 4.78 is 0. The molecule has 29 heavy (non-hydrogen) atoms. The number of primary amides is 1. The molecule has 2 aromatic carbocycles. The number of hydrogen-bond acceptors (Lipinski definition) is 5. The van der Waals surface area contributed by atoms with Crippen molar-refractivity contribution in [2.45, 2.75) is 29.4 Å². The fraction of sp³-hybridized carbons (Fsp3) is 0.286. The van der Waals surface area contributed by atoms with Crippen molar-refractivity contribution in [2.24, 2.45) is 5.73 Å². The van der Waals surface area contributed by atoms with E-state index >= 15 is 0 Å². The van der Waals surface area contributed by atoms with Gasteiger partial charge in [0.1, 0.15) is 0 Å². The third kappa shape index (κ3) is 4.22. The van der Waals surface area contributed by atoms with Gasteiger partial charge in [-0.25, -0.2) is 0 Å². The zero-order chi connectivity index (χ0) is 20.4. The van der Waals surface area contributed by atoms with Gasteiger partial charge in [0.25, 0.3) is 0 Å². The summed E-state index contributed by atoms with van der Waals surface area (Å²) >= 11 is 1.38. The van der Waals surface area contributed by atoms with E-state index in [9.17, 15) is 14.4 Å². The van der Waals surface area contributed by atoms with Crippen LogP contribution in [0.5, 0.6) is 0 Å². The first kappa shape index (κ1) is 19.3. The summed E-state index contributed by atoms with van der Waals surface area (Å²) in [5, 5.41) is 5.23. The Balaban J connectivity index is 1.51. The van der Waals surface area contributed by atoms with Crippen LogP contribution >= 0.6 is 11.8 Å². The summed E-state index contributed by atoms with van der Waals surface area (Å²) in [5.41, 5.74) is 7.93. The monoisotopic (exact) mass is 410 g/mol. The van der Waals surface area contributed by atoms with Crippen LogP contribution in [0.2, 0.25) is 0 Å². The lowest BCUT2D eigenvalue weighted by atomic mass is 10.1. The Labute approximate surface area is 173 Å². The fourth-order valence-corrected chi connectivity index (χ4v) is 4.73. The molecule has 2 aliphatic rings. The number of carbonyl (C=O) groups excluding carboxylic acids is 3. The maximum atomic E-state index is 12.7. The molecule has 0 radical (unpaired) electrons. The van der Waals surface area contributed by atoms with Gasteiger partial charge < -0.3 is 21.3 Å². The maximum Gasteiger partial charge on any atom is 0.248 e. The molecule has 0 bridgehead atoms.